The molecular formula is C18H18BrN3O3S. The average Bonchev–Trinajstić information content (AvgIpc) is 2.56. The van der Waals surface area contributed by atoms with E-state index in [1.165, 1.54) is 10.6 Å². The number of thiocarbonyl (C=S) groups is 1. The number of hydroxylamine groups is 2. The summed E-state index contributed by atoms with van der Waals surface area (Å²) < 4.78 is 8.53. The van der Waals surface area contributed by atoms with E-state index in [1.54, 1.807) is 18.3 Å². The number of nitrogens with two attached hydrogens (primary N) is 1. The summed E-state index contributed by atoms with van der Waals surface area (Å²) in [6.07, 6.45) is 1.69. The first-order chi connectivity index (χ1) is 12.2. The molecule has 2 heterocycles. The molecule has 0 fully saturated rings. The van der Waals surface area contributed by atoms with Crippen molar-refractivity contribution in [1.29, 1.82) is 0 Å². The second kappa shape index (κ2) is 6.86. The zero-order valence-electron chi connectivity index (χ0n) is 14.3. The van der Waals surface area contributed by atoms with Crippen molar-refractivity contribution < 1.29 is 9.94 Å². The third kappa shape index (κ3) is 3.40. The number of pyridine rings is 1. The van der Waals surface area contributed by atoms with Crippen LogP contribution >= 0.6 is 28.1 Å². The van der Waals surface area contributed by atoms with Gasteiger partial charge in [-0.3, -0.25) is 14.6 Å². The Bertz CT molecular complexity index is 968. The molecule has 0 amide bonds. The molecule has 0 aliphatic carbocycles. The number of benzene rings is 1. The molecule has 3 rings (SSSR count). The summed E-state index contributed by atoms with van der Waals surface area (Å²) in [5.41, 5.74) is 6.60. The van der Waals surface area contributed by atoms with Gasteiger partial charge >= 0.3 is 0 Å². The molecule has 26 heavy (non-hydrogen) atoms. The quantitative estimate of drug-likeness (QED) is 0.569. The lowest BCUT2D eigenvalue weighted by Crippen LogP contribution is -2.44. The minimum atomic E-state index is -0.794. The maximum Gasteiger partial charge on any atom is 0.255 e. The lowest BCUT2D eigenvalue weighted by atomic mass is 9.89. The first-order valence-electron chi connectivity index (χ1n) is 7.87. The Hall–Kier alpha value is -2.16. The molecule has 6 nitrogen and oxygen atoms in total. The van der Waals surface area contributed by atoms with Gasteiger partial charge in [0.25, 0.3) is 5.56 Å². The number of rotatable bonds is 3. The van der Waals surface area contributed by atoms with Crippen LogP contribution in [0.5, 0.6) is 5.75 Å². The Morgan fingerprint density at radius 1 is 1.38 bits per heavy atom. The highest BCUT2D eigenvalue weighted by molar-refractivity contribution is 9.10. The second-order valence-corrected chi connectivity index (χ2v) is 7.72. The summed E-state index contributed by atoms with van der Waals surface area (Å²) in [6.45, 7) is 3.74. The van der Waals surface area contributed by atoms with Gasteiger partial charge in [-0.2, -0.15) is 0 Å². The van der Waals surface area contributed by atoms with Crippen LogP contribution in [-0.4, -0.2) is 32.1 Å². The normalized spacial score (nSPS) is 15.2. The van der Waals surface area contributed by atoms with Crippen LogP contribution in [0, 0.1) is 0 Å². The lowest BCUT2D eigenvalue weighted by molar-refractivity contribution is -0.0121. The molecule has 0 bridgehead atoms. The van der Waals surface area contributed by atoms with Crippen LogP contribution in [0.2, 0.25) is 0 Å². The molecule has 2 aromatic rings. The first kappa shape index (κ1) is 18.6. The zero-order valence-corrected chi connectivity index (χ0v) is 16.7. The van der Waals surface area contributed by atoms with E-state index >= 15 is 0 Å². The average molecular weight is 436 g/mol. The zero-order chi connectivity index (χ0) is 19.1. The minimum absolute atomic E-state index is 0.00491. The van der Waals surface area contributed by atoms with Crippen molar-refractivity contribution in [1.82, 2.24) is 9.63 Å². The fourth-order valence-electron chi connectivity index (χ4n) is 2.94. The molecule has 1 aromatic heterocycles. The SMILES string of the molecule is CC1(C)Oc2ccc(Br)cc2C(n2ccccc2=O)=C1CN(O)C(N)=S. The Labute approximate surface area is 164 Å². The molecule has 0 spiro atoms. The van der Waals surface area contributed by atoms with Gasteiger partial charge in [0.2, 0.25) is 0 Å². The van der Waals surface area contributed by atoms with Gasteiger partial charge in [-0.1, -0.05) is 22.0 Å². The van der Waals surface area contributed by atoms with Crippen molar-refractivity contribution in [2.75, 3.05) is 6.54 Å². The predicted octanol–water partition coefficient (Wildman–Crippen LogP) is 2.98. The highest BCUT2D eigenvalue weighted by Gasteiger charge is 2.37. The van der Waals surface area contributed by atoms with E-state index in [2.05, 4.69) is 15.9 Å². The van der Waals surface area contributed by atoms with Crippen LogP contribution in [0.1, 0.15) is 19.4 Å². The van der Waals surface area contributed by atoms with Crippen LogP contribution in [0.3, 0.4) is 0 Å². The molecule has 3 N–H and O–H groups in total. The number of halogens is 1. The third-order valence-corrected chi connectivity index (χ3v) is 4.90. The summed E-state index contributed by atoms with van der Waals surface area (Å²) in [7, 11) is 0. The van der Waals surface area contributed by atoms with Crippen LogP contribution < -0.4 is 16.0 Å². The summed E-state index contributed by atoms with van der Waals surface area (Å²) in [6, 6.07) is 10.5. The van der Waals surface area contributed by atoms with Crippen LogP contribution in [-0.2, 0) is 0 Å². The second-order valence-electron chi connectivity index (χ2n) is 6.38. The molecule has 136 valence electrons. The molecule has 1 aliphatic rings. The van der Waals surface area contributed by atoms with Gasteiger partial charge in [0.05, 0.1) is 12.2 Å². The monoisotopic (exact) mass is 435 g/mol. The number of hydrogen-bond donors (Lipinski definition) is 2. The Balaban J connectivity index is 2.35. The van der Waals surface area contributed by atoms with Gasteiger partial charge in [0.1, 0.15) is 11.4 Å². The maximum atomic E-state index is 12.5. The largest absolute Gasteiger partial charge is 0.483 e. The van der Waals surface area contributed by atoms with Crippen molar-refractivity contribution in [3.8, 4) is 5.75 Å². The van der Waals surface area contributed by atoms with E-state index in [4.69, 9.17) is 22.7 Å². The van der Waals surface area contributed by atoms with E-state index in [9.17, 15) is 10.0 Å². The molecule has 0 radical (unpaired) electrons. The summed E-state index contributed by atoms with van der Waals surface area (Å²) in [5, 5.41) is 10.7. The van der Waals surface area contributed by atoms with Crippen LogP contribution in [0.25, 0.3) is 5.70 Å². The smallest absolute Gasteiger partial charge is 0.255 e. The topological polar surface area (TPSA) is 80.7 Å². The van der Waals surface area contributed by atoms with Gasteiger partial charge in [0, 0.05) is 27.9 Å². The lowest BCUT2D eigenvalue weighted by Gasteiger charge is -2.38. The predicted molar refractivity (Wildman–Crippen MR) is 107 cm³/mol. The molecule has 0 saturated carbocycles. The number of aromatic nitrogens is 1. The third-order valence-electron chi connectivity index (χ3n) is 4.20. The van der Waals surface area contributed by atoms with Crippen LogP contribution in [0.15, 0.2) is 57.4 Å². The van der Waals surface area contributed by atoms with E-state index in [-0.39, 0.29) is 17.2 Å². The molecule has 0 saturated heterocycles. The van der Waals surface area contributed by atoms with Crippen molar-refractivity contribution in [3.05, 3.63) is 68.6 Å². The standard InChI is InChI=1S/C18H18BrN3O3S/c1-18(2)13(10-22(24)17(20)26)16(21-8-4-3-5-15(21)23)12-9-11(19)6-7-14(12)25-18/h3-9,24H,10H2,1-2H3,(H2,20,26). The Kier molecular flexibility index (Phi) is 4.92. The van der Waals surface area contributed by atoms with Gasteiger partial charge in [-0.25, -0.2) is 5.06 Å². The molecule has 1 aromatic carbocycles. The number of fused-ring (bicyclic) bond motifs is 1. The highest BCUT2D eigenvalue weighted by atomic mass is 79.9. The summed E-state index contributed by atoms with van der Waals surface area (Å²) in [5.74, 6) is 0.646. The van der Waals surface area contributed by atoms with Crippen LogP contribution in [0.4, 0.5) is 0 Å². The Morgan fingerprint density at radius 3 is 2.77 bits per heavy atom. The fourth-order valence-corrected chi connectivity index (χ4v) is 3.37. The maximum absolute atomic E-state index is 12.5. The molecule has 8 heteroatoms. The molecule has 0 atom stereocenters. The van der Waals surface area contributed by atoms with E-state index in [1.807, 2.05) is 32.0 Å². The first-order valence-corrected chi connectivity index (χ1v) is 9.07. The molecule has 1 aliphatic heterocycles. The van der Waals surface area contributed by atoms with Gasteiger partial charge in [-0.05, 0) is 50.3 Å². The van der Waals surface area contributed by atoms with Crippen molar-refractivity contribution in [2.45, 2.75) is 19.4 Å². The van der Waals surface area contributed by atoms with Crippen molar-refractivity contribution in [3.63, 3.8) is 0 Å². The molecular weight excluding hydrogens is 418 g/mol. The Morgan fingerprint density at radius 2 is 2.12 bits per heavy atom. The summed E-state index contributed by atoms with van der Waals surface area (Å²) >= 11 is 8.32. The van der Waals surface area contributed by atoms with Crippen molar-refractivity contribution in [2.24, 2.45) is 5.73 Å². The van der Waals surface area contributed by atoms with Gasteiger partial charge in [0.15, 0.2) is 5.11 Å². The highest BCUT2D eigenvalue weighted by Crippen LogP contribution is 2.42. The fraction of sp³-hybridized carbons (Fsp3) is 0.222. The van der Waals surface area contributed by atoms with E-state index in [0.29, 0.717) is 17.0 Å². The molecule has 0 unspecified atom stereocenters. The number of ether oxygens (including phenoxy) is 1. The van der Waals surface area contributed by atoms with E-state index < -0.39 is 5.60 Å². The number of hydrogen-bond acceptors (Lipinski definition) is 4. The minimum Gasteiger partial charge on any atom is -0.483 e. The van der Waals surface area contributed by atoms with Crippen molar-refractivity contribution >= 4 is 39.0 Å². The van der Waals surface area contributed by atoms with Gasteiger partial charge < -0.3 is 10.5 Å². The summed E-state index contributed by atoms with van der Waals surface area (Å²) in [4.78, 5) is 12.5. The van der Waals surface area contributed by atoms with Gasteiger partial charge in [-0.15, -0.1) is 0 Å². The number of nitrogens with zero attached hydrogens (tertiary/aromatic N) is 2. The van der Waals surface area contributed by atoms with E-state index in [0.717, 1.165) is 15.1 Å².